The molecule has 0 aliphatic carbocycles. The Morgan fingerprint density at radius 3 is 2.47 bits per heavy atom. The topological polar surface area (TPSA) is 82.8 Å². The Kier molecular flexibility index (Phi) is 5.69. The van der Waals surface area contributed by atoms with E-state index in [0.717, 1.165) is 19.4 Å². The van der Waals surface area contributed by atoms with E-state index in [2.05, 4.69) is 21.6 Å². The molecular formula is C21H20ClN5O2S. The Morgan fingerprint density at radius 1 is 1.07 bits per heavy atom. The van der Waals surface area contributed by atoms with Gasteiger partial charge >= 0.3 is 0 Å². The first kappa shape index (κ1) is 20.3. The van der Waals surface area contributed by atoms with E-state index in [1.165, 1.54) is 24.3 Å². The van der Waals surface area contributed by atoms with E-state index in [0.29, 0.717) is 21.9 Å². The Morgan fingerprint density at radius 2 is 1.77 bits per heavy atom. The Labute approximate surface area is 180 Å². The molecule has 0 saturated heterocycles. The molecule has 0 unspecified atom stereocenters. The van der Waals surface area contributed by atoms with Crippen LogP contribution in [0.1, 0.15) is 19.8 Å². The number of hydrogen-bond acceptors (Lipinski definition) is 4. The Bertz CT molecular complexity index is 1290. The van der Waals surface area contributed by atoms with Gasteiger partial charge in [0.25, 0.3) is 0 Å². The molecule has 9 heteroatoms. The summed E-state index contributed by atoms with van der Waals surface area (Å²) in [4.78, 5) is 9.17. The lowest BCUT2D eigenvalue weighted by Crippen LogP contribution is -2.30. The van der Waals surface area contributed by atoms with Gasteiger partial charge in [0.2, 0.25) is 22.2 Å². The molecule has 0 saturated carbocycles. The van der Waals surface area contributed by atoms with Crippen LogP contribution >= 0.6 is 11.6 Å². The predicted molar refractivity (Wildman–Crippen MR) is 116 cm³/mol. The predicted octanol–water partition coefficient (Wildman–Crippen LogP) is 4.56. The largest absolute Gasteiger partial charge is 0.429 e. The Hall–Kier alpha value is -2.97. The second kappa shape index (κ2) is 8.41. The summed E-state index contributed by atoms with van der Waals surface area (Å²) >= 11 is 5.88. The minimum absolute atomic E-state index is 0.0295. The van der Waals surface area contributed by atoms with Crippen LogP contribution in [-0.4, -0.2) is 23.0 Å². The minimum atomic E-state index is -3.99. The fraction of sp³-hybridized carbons (Fsp3) is 0.190. The molecule has 0 atom stereocenters. The number of aromatic nitrogens is 4. The molecule has 7 nitrogen and oxygen atoms in total. The van der Waals surface area contributed by atoms with E-state index in [9.17, 15) is 8.42 Å². The average Bonchev–Trinajstić information content (AvgIpc) is 3.20. The molecule has 0 amide bonds. The average molecular weight is 442 g/mol. The monoisotopic (exact) mass is 441 g/mol. The first-order valence-corrected chi connectivity index (χ1v) is 11.4. The minimum Gasteiger partial charge on any atom is -0.429 e. The highest BCUT2D eigenvalue weighted by molar-refractivity contribution is 7.94. The second-order valence-corrected chi connectivity index (χ2v) is 8.83. The zero-order chi connectivity index (χ0) is 21.1. The fourth-order valence-corrected chi connectivity index (χ4v) is 4.04. The number of para-hydroxylation sites is 2. The van der Waals surface area contributed by atoms with Gasteiger partial charge in [-0.3, -0.25) is 0 Å². The molecule has 0 aliphatic rings. The summed E-state index contributed by atoms with van der Waals surface area (Å²) in [5, 5.41) is 0.448. The molecule has 0 fully saturated rings. The van der Waals surface area contributed by atoms with E-state index in [-0.39, 0.29) is 10.7 Å². The van der Waals surface area contributed by atoms with E-state index < -0.39 is 10.0 Å². The standard InChI is InChI=1S/C21H20ClN5O2S/c1-2-3-12-26-13-14-27(15-26)21-20(23-18-6-4-5-7-19(18)24-21)25-30(28,29)17-10-8-16(22)9-11-17/h4-11,13-15H,2-3,12H2,1H3. The summed E-state index contributed by atoms with van der Waals surface area (Å²) in [6.45, 7) is 2.99. The summed E-state index contributed by atoms with van der Waals surface area (Å²) in [6, 6.07) is 13.2. The third kappa shape index (κ3) is 4.29. The summed E-state index contributed by atoms with van der Waals surface area (Å²) < 4.78 is 33.6. The third-order valence-electron chi connectivity index (χ3n) is 4.56. The van der Waals surface area contributed by atoms with Crippen molar-refractivity contribution >= 4 is 38.5 Å². The summed E-state index contributed by atoms with van der Waals surface area (Å²) in [6.07, 6.45) is 7.73. The van der Waals surface area contributed by atoms with Crippen molar-refractivity contribution in [2.24, 2.45) is 0 Å². The van der Waals surface area contributed by atoms with Crippen LogP contribution in [0.3, 0.4) is 0 Å². The van der Waals surface area contributed by atoms with Crippen molar-refractivity contribution in [3.63, 3.8) is 0 Å². The number of halogens is 1. The number of nitrogens with zero attached hydrogens (tertiary/aromatic N) is 5. The number of benzene rings is 2. The van der Waals surface area contributed by atoms with E-state index in [4.69, 9.17) is 11.6 Å². The molecule has 4 aromatic rings. The fourth-order valence-electron chi connectivity index (χ4n) is 2.98. The first-order valence-electron chi connectivity index (χ1n) is 9.54. The van der Waals surface area contributed by atoms with Crippen molar-refractivity contribution in [2.45, 2.75) is 31.2 Å². The summed E-state index contributed by atoms with van der Waals surface area (Å²) in [5.74, 6) is 0.378. The third-order valence-corrected chi connectivity index (χ3v) is 6.09. The number of imidazole rings is 1. The normalized spacial score (nSPS) is 11.7. The van der Waals surface area contributed by atoms with E-state index >= 15 is 0 Å². The van der Waals surface area contributed by atoms with E-state index in [1.807, 2.05) is 41.5 Å². The number of hydrogen-bond donors (Lipinski definition) is 0. The van der Waals surface area contributed by atoms with E-state index in [1.54, 1.807) is 10.6 Å². The van der Waals surface area contributed by atoms with Gasteiger partial charge in [-0.15, -0.1) is 0 Å². The van der Waals surface area contributed by atoms with Gasteiger partial charge in [-0.25, -0.2) is 18.0 Å². The first-order chi connectivity index (χ1) is 14.5. The Balaban J connectivity index is 1.78. The molecule has 4 rings (SSSR count). The van der Waals surface area contributed by atoms with Crippen molar-refractivity contribution in [2.75, 3.05) is 0 Å². The zero-order valence-electron chi connectivity index (χ0n) is 16.3. The van der Waals surface area contributed by atoms with Crippen LogP contribution in [-0.2, 0) is 16.6 Å². The molecule has 2 aromatic carbocycles. The van der Waals surface area contributed by atoms with Crippen molar-refractivity contribution in [3.05, 3.63) is 77.0 Å². The molecule has 2 heterocycles. The number of fused-ring (bicyclic) bond motifs is 1. The van der Waals surface area contributed by atoms with Crippen molar-refractivity contribution in [1.29, 1.82) is 0 Å². The highest BCUT2D eigenvalue weighted by Crippen LogP contribution is 2.32. The maximum atomic E-state index is 12.9. The molecule has 0 aliphatic heterocycles. The van der Waals surface area contributed by atoms with Gasteiger partial charge in [0.1, 0.15) is 12.4 Å². The van der Waals surface area contributed by atoms with Crippen LogP contribution in [0.15, 0.2) is 72.1 Å². The van der Waals surface area contributed by atoms with Crippen LogP contribution in [0.2, 0.25) is 5.02 Å². The number of rotatable bonds is 7. The lowest BCUT2D eigenvalue weighted by molar-refractivity contribution is -0.696. The van der Waals surface area contributed by atoms with Crippen LogP contribution < -0.4 is 4.57 Å². The lowest BCUT2D eigenvalue weighted by atomic mass is 10.3. The second-order valence-electron chi connectivity index (χ2n) is 6.79. The molecule has 0 bridgehead atoms. The molecule has 0 spiro atoms. The van der Waals surface area contributed by atoms with Crippen LogP contribution in [0.5, 0.6) is 0 Å². The summed E-state index contributed by atoms with van der Waals surface area (Å²) in [7, 11) is -3.99. The van der Waals surface area contributed by atoms with Crippen LogP contribution in [0.25, 0.3) is 21.6 Å². The SMILES string of the molecule is CCCC[n+]1ccn(-c2nc3ccccc3nc2[N-]S(=O)(=O)c2ccc(Cl)cc2)c1. The number of sulfonamides is 1. The van der Waals surface area contributed by atoms with Gasteiger partial charge in [0, 0.05) is 10.8 Å². The molecule has 30 heavy (non-hydrogen) atoms. The van der Waals surface area contributed by atoms with Crippen LogP contribution in [0, 0.1) is 0 Å². The van der Waals surface area contributed by atoms with Gasteiger partial charge in [-0.2, -0.15) is 4.57 Å². The smallest absolute Gasteiger partial charge is 0.250 e. The van der Waals surface area contributed by atoms with Gasteiger partial charge in [0.05, 0.1) is 17.0 Å². The molecule has 0 N–H and O–H groups in total. The van der Waals surface area contributed by atoms with Gasteiger partial charge in [0.15, 0.2) is 0 Å². The molecular weight excluding hydrogens is 422 g/mol. The maximum Gasteiger partial charge on any atom is 0.250 e. The van der Waals surface area contributed by atoms with Gasteiger partial charge < -0.3 is 9.71 Å². The van der Waals surface area contributed by atoms with Crippen molar-refractivity contribution < 1.29 is 13.0 Å². The van der Waals surface area contributed by atoms with Crippen LogP contribution in [0.4, 0.5) is 5.82 Å². The maximum absolute atomic E-state index is 12.9. The van der Waals surface area contributed by atoms with Gasteiger partial charge in [-0.05, 0) is 42.3 Å². The highest BCUT2D eigenvalue weighted by atomic mass is 35.5. The zero-order valence-corrected chi connectivity index (χ0v) is 17.9. The molecule has 154 valence electrons. The summed E-state index contributed by atoms with van der Waals surface area (Å²) in [5.41, 5.74) is 1.22. The van der Waals surface area contributed by atoms with Crippen molar-refractivity contribution in [1.82, 2.24) is 14.5 Å². The van der Waals surface area contributed by atoms with Gasteiger partial charge in [-0.1, -0.05) is 43.1 Å². The molecule has 0 radical (unpaired) electrons. The number of aryl methyl sites for hydroxylation is 1. The van der Waals surface area contributed by atoms with Crippen molar-refractivity contribution in [3.8, 4) is 5.82 Å². The lowest BCUT2D eigenvalue weighted by Gasteiger charge is -2.18. The number of unbranched alkanes of at least 4 members (excludes halogenated alkanes) is 1. The quantitative estimate of drug-likeness (QED) is 0.394. The molecule has 2 aromatic heterocycles. The highest BCUT2D eigenvalue weighted by Gasteiger charge is 2.16.